The average Bonchev–Trinajstić information content (AvgIpc) is 2.89. The Hall–Kier alpha value is -1.57. The number of ether oxygens (including phenoxy) is 1. The van der Waals surface area contributed by atoms with E-state index in [9.17, 15) is 8.42 Å². The highest BCUT2D eigenvalue weighted by molar-refractivity contribution is 7.94. The molecule has 1 aromatic carbocycles. The summed E-state index contributed by atoms with van der Waals surface area (Å²) in [7, 11) is -0.259. The van der Waals surface area contributed by atoms with E-state index in [1.54, 1.807) is 36.4 Å². The second kappa shape index (κ2) is 6.25. The molecule has 0 spiro atoms. The number of thiophene rings is 1. The van der Waals surface area contributed by atoms with Crippen molar-refractivity contribution in [3.05, 3.63) is 41.3 Å². The predicted octanol–water partition coefficient (Wildman–Crippen LogP) is 2.28. The molecule has 0 saturated carbocycles. The number of hydrogen-bond donors (Lipinski definition) is 2. The second-order valence-electron chi connectivity index (χ2n) is 4.06. The van der Waals surface area contributed by atoms with Crippen molar-refractivity contribution in [1.82, 2.24) is 5.32 Å². The summed E-state index contributed by atoms with van der Waals surface area (Å²) in [6, 6.07) is 10.3. The summed E-state index contributed by atoms with van der Waals surface area (Å²) in [6.07, 6.45) is 0. The quantitative estimate of drug-likeness (QED) is 0.859. The van der Waals surface area contributed by atoms with Crippen LogP contribution in [-0.4, -0.2) is 22.6 Å². The van der Waals surface area contributed by atoms with Crippen LogP contribution in [0.2, 0.25) is 0 Å². The lowest BCUT2D eigenvalue weighted by molar-refractivity contribution is 0.417. The Morgan fingerprint density at radius 3 is 2.65 bits per heavy atom. The summed E-state index contributed by atoms with van der Waals surface area (Å²) in [5.74, 6) is 0.489. The summed E-state index contributed by atoms with van der Waals surface area (Å²) in [6.45, 7) is 0.648. The molecule has 2 rings (SSSR count). The molecular formula is C13H16N2O3S2. The lowest BCUT2D eigenvalue weighted by Crippen LogP contribution is -2.12. The van der Waals surface area contributed by atoms with Gasteiger partial charge in [-0.15, -0.1) is 11.3 Å². The fourth-order valence-electron chi connectivity index (χ4n) is 1.70. The van der Waals surface area contributed by atoms with Crippen molar-refractivity contribution in [3.63, 3.8) is 0 Å². The number of benzene rings is 1. The third-order valence-electron chi connectivity index (χ3n) is 2.60. The number of hydrogen-bond acceptors (Lipinski definition) is 5. The summed E-state index contributed by atoms with van der Waals surface area (Å²) in [5, 5.41) is 2.99. The third kappa shape index (κ3) is 3.30. The van der Waals surface area contributed by atoms with Gasteiger partial charge in [0.2, 0.25) is 0 Å². The molecule has 7 heteroatoms. The Balaban J connectivity index is 2.26. The smallest absolute Gasteiger partial charge is 0.271 e. The monoisotopic (exact) mass is 312 g/mol. The number of rotatable bonds is 6. The van der Waals surface area contributed by atoms with Gasteiger partial charge < -0.3 is 10.1 Å². The van der Waals surface area contributed by atoms with E-state index in [1.807, 2.05) is 7.05 Å². The molecule has 0 amide bonds. The molecule has 0 bridgehead atoms. The zero-order valence-electron chi connectivity index (χ0n) is 11.2. The van der Waals surface area contributed by atoms with E-state index in [4.69, 9.17) is 4.74 Å². The van der Waals surface area contributed by atoms with Crippen molar-refractivity contribution < 1.29 is 13.2 Å². The van der Waals surface area contributed by atoms with Crippen molar-refractivity contribution in [2.24, 2.45) is 0 Å². The van der Waals surface area contributed by atoms with Gasteiger partial charge in [-0.2, -0.15) is 0 Å². The normalized spacial score (nSPS) is 11.3. The van der Waals surface area contributed by atoms with Crippen molar-refractivity contribution in [3.8, 4) is 5.75 Å². The fraction of sp³-hybridized carbons (Fsp3) is 0.231. The first-order valence-corrected chi connectivity index (χ1v) is 8.26. The van der Waals surface area contributed by atoms with Crippen LogP contribution in [0.4, 0.5) is 5.69 Å². The van der Waals surface area contributed by atoms with Crippen molar-refractivity contribution in [2.75, 3.05) is 18.9 Å². The SMILES string of the molecule is CNCc1ccc(S(=O)(=O)Nc2ccccc2OC)s1. The number of sulfonamides is 1. The van der Waals surface area contributed by atoms with Crippen LogP contribution < -0.4 is 14.8 Å². The standard InChI is InChI=1S/C13H16N2O3S2/c1-14-9-10-7-8-13(19-10)20(16,17)15-11-5-3-4-6-12(11)18-2/h3-8,14-15H,9H2,1-2H3. The first kappa shape index (κ1) is 14.8. The molecule has 20 heavy (non-hydrogen) atoms. The van der Waals surface area contributed by atoms with Crippen LogP contribution in [0.25, 0.3) is 0 Å². The summed E-state index contributed by atoms with van der Waals surface area (Å²) in [5.41, 5.74) is 0.429. The van der Waals surface area contributed by atoms with Gasteiger partial charge in [0.05, 0.1) is 12.8 Å². The molecule has 0 aliphatic heterocycles. The Labute approximate surface area is 122 Å². The molecule has 0 aliphatic rings. The highest BCUT2D eigenvalue weighted by Gasteiger charge is 2.18. The lowest BCUT2D eigenvalue weighted by atomic mass is 10.3. The number of anilines is 1. The lowest BCUT2D eigenvalue weighted by Gasteiger charge is -2.10. The van der Waals surface area contributed by atoms with Gasteiger partial charge in [-0.05, 0) is 31.3 Å². The number of methoxy groups -OCH3 is 1. The first-order chi connectivity index (χ1) is 9.56. The summed E-state index contributed by atoms with van der Waals surface area (Å²) < 4.78 is 32.6. The van der Waals surface area contributed by atoms with Crippen molar-refractivity contribution in [2.45, 2.75) is 10.8 Å². The maximum absolute atomic E-state index is 12.3. The van der Waals surface area contributed by atoms with E-state index in [2.05, 4.69) is 10.0 Å². The zero-order valence-corrected chi connectivity index (χ0v) is 12.8. The van der Waals surface area contributed by atoms with Gasteiger partial charge >= 0.3 is 0 Å². The van der Waals surface area contributed by atoms with Crippen molar-refractivity contribution >= 4 is 27.0 Å². The van der Waals surface area contributed by atoms with Gasteiger partial charge in [0, 0.05) is 11.4 Å². The first-order valence-electron chi connectivity index (χ1n) is 5.96. The van der Waals surface area contributed by atoms with E-state index in [0.29, 0.717) is 18.0 Å². The van der Waals surface area contributed by atoms with Gasteiger partial charge in [0.1, 0.15) is 9.96 Å². The van der Waals surface area contributed by atoms with Crippen LogP contribution in [0, 0.1) is 0 Å². The van der Waals surface area contributed by atoms with Gasteiger partial charge in [0.15, 0.2) is 0 Å². The minimum Gasteiger partial charge on any atom is -0.495 e. The highest BCUT2D eigenvalue weighted by Crippen LogP contribution is 2.28. The van der Waals surface area contributed by atoms with Crippen LogP contribution in [0.1, 0.15) is 4.88 Å². The Morgan fingerprint density at radius 2 is 1.95 bits per heavy atom. The molecule has 2 aromatic rings. The van der Waals surface area contributed by atoms with Gasteiger partial charge in [-0.25, -0.2) is 8.42 Å². The molecular weight excluding hydrogens is 296 g/mol. The van der Waals surface area contributed by atoms with Crippen LogP contribution in [0.15, 0.2) is 40.6 Å². The maximum atomic E-state index is 12.3. The maximum Gasteiger partial charge on any atom is 0.271 e. The minimum absolute atomic E-state index is 0.286. The zero-order chi connectivity index (χ0) is 14.6. The van der Waals surface area contributed by atoms with Crippen LogP contribution >= 0.6 is 11.3 Å². The molecule has 0 unspecified atom stereocenters. The summed E-state index contributed by atoms with van der Waals surface area (Å²) in [4.78, 5) is 0.966. The number of para-hydroxylation sites is 2. The van der Waals surface area contributed by atoms with E-state index >= 15 is 0 Å². The molecule has 1 heterocycles. The van der Waals surface area contributed by atoms with Crippen LogP contribution in [0.5, 0.6) is 5.75 Å². The molecule has 0 saturated heterocycles. The Kier molecular flexibility index (Phi) is 4.64. The van der Waals surface area contributed by atoms with Gasteiger partial charge in [0.25, 0.3) is 10.0 Å². The third-order valence-corrected chi connectivity index (χ3v) is 5.55. The van der Waals surface area contributed by atoms with E-state index in [1.165, 1.54) is 18.4 Å². The van der Waals surface area contributed by atoms with Gasteiger partial charge in [-0.3, -0.25) is 4.72 Å². The van der Waals surface area contributed by atoms with Gasteiger partial charge in [-0.1, -0.05) is 12.1 Å². The average molecular weight is 312 g/mol. The van der Waals surface area contributed by atoms with E-state index < -0.39 is 10.0 Å². The molecule has 108 valence electrons. The Bertz CT molecular complexity index is 680. The Morgan fingerprint density at radius 1 is 1.20 bits per heavy atom. The topological polar surface area (TPSA) is 67.4 Å². The molecule has 0 aliphatic carbocycles. The largest absolute Gasteiger partial charge is 0.495 e. The second-order valence-corrected chi connectivity index (χ2v) is 7.13. The summed E-state index contributed by atoms with van der Waals surface area (Å²) >= 11 is 1.24. The molecule has 1 aromatic heterocycles. The highest BCUT2D eigenvalue weighted by atomic mass is 32.2. The van der Waals surface area contributed by atoms with E-state index in [-0.39, 0.29) is 4.21 Å². The predicted molar refractivity (Wildman–Crippen MR) is 80.9 cm³/mol. The number of nitrogens with one attached hydrogen (secondary N) is 2. The molecule has 2 N–H and O–H groups in total. The minimum atomic E-state index is -3.58. The van der Waals surface area contributed by atoms with Crippen molar-refractivity contribution in [1.29, 1.82) is 0 Å². The molecule has 0 atom stereocenters. The molecule has 5 nitrogen and oxygen atoms in total. The van der Waals surface area contributed by atoms with Crippen LogP contribution in [-0.2, 0) is 16.6 Å². The molecule has 0 fully saturated rings. The molecule has 0 radical (unpaired) electrons. The van der Waals surface area contributed by atoms with Crippen LogP contribution in [0.3, 0.4) is 0 Å². The van der Waals surface area contributed by atoms with E-state index in [0.717, 1.165) is 4.88 Å². The fourth-order valence-corrected chi connectivity index (χ4v) is 4.13.